The highest BCUT2D eigenvalue weighted by molar-refractivity contribution is 6.07. The maximum Gasteiger partial charge on any atom is 0.322 e. The average Bonchev–Trinajstić information content (AvgIpc) is 2.61. The number of nitroso groups, excluding NO2 is 1. The van der Waals surface area contributed by atoms with Crippen molar-refractivity contribution in [3.8, 4) is 0 Å². The number of amides is 3. The van der Waals surface area contributed by atoms with Crippen LogP contribution >= 0.6 is 0 Å². The number of carbonyl (C=O) groups is 2. The molecule has 1 spiro atoms. The smallest absolute Gasteiger partial charge is 0.322 e. The van der Waals surface area contributed by atoms with E-state index in [4.69, 9.17) is 0 Å². The van der Waals surface area contributed by atoms with Crippen LogP contribution in [-0.4, -0.2) is 36.6 Å². The van der Waals surface area contributed by atoms with Crippen LogP contribution in [0.3, 0.4) is 0 Å². The van der Waals surface area contributed by atoms with Crippen LogP contribution in [0.5, 0.6) is 0 Å². The number of carbonyl (C=O) groups excluding carboxylic acids is 2. The Bertz CT molecular complexity index is 305. The van der Waals surface area contributed by atoms with E-state index in [1.54, 1.807) is 0 Å². The second-order valence-electron chi connectivity index (χ2n) is 3.58. The van der Waals surface area contributed by atoms with Gasteiger partial charge in [-0.25, -0.2) is 4.79 Å². The first-order valence-corrected chi connectivity index (χ1v) is 4.32. The molecule has 2 rings (SSSR count). The highest BCUT2D eigenvalue weighted by Crippen LogP contribution is 2.22. The van der Waals surface area contributed by atoms with Crippen molar-refractivity contribution in [2.24, 2.45) is 5.18 Å². The summed E-state index contributed by atoms with van der Waals surface area (Å²) in [5.41, 5.74) is -0.869. The Morgan fingerprint density at radius 3 is 2.86 bits per heavy atom. The first-order chi connectivity index (χ1) is 6.66. The largest absolute Gasteiger partial charge is 0.322 e. The van der Waals surface area contributed by atoms with E-state index in [1.165, 1.54) is 0 Å². The Labute approximate surface area is 79.6 Å². The quantitative estimate of drug-likeness (QED) is 0.379. The molecule has 3 N–H and O–H groups in total. The summed E-state index contributed by atoms with van der Waals surface area (Å²) in [4.78, 5) is 32.4. The summed E-state index contributed by atoms with van der Waals surface area (Å²) in [5.74, 6) is -0.330. The molecule has 2 heterocycles. The molecule has 0 aliphatic carbocycles. The van der Waals surface area contributed by atoms with Gasteiger partial charge in [-0.1, -0.05) is 5.18 Å². The Hall–Kier alpha value is -1.50. The number of imide groups is 1. The molecule has 2 aliphatic rings. The van der Waals surface area contributed by atoms with Gasteiger partial charge in [-0.05, 0) is 6.42 Å². The second-order valence-corrected chi connectivity index (χ2v) is 3.58. The zero-order chi connectivity index (χ0) is 10.2. The third-order valence-electron chi connectivity index (χ3n) is 2.60. The Morgan fingerprint density at radius 2 is 2.29 bits per heavy atom. The lowest BCUT2D eigenvalue weighted by atomic mass is 9.96. The molecule has 7 heteroatoms. The van der Waals surface area contributed by atoms with Gasteiger partial charge in [-0.2, -0.15) is 4.91 Å². The highest BCUT2D eigenvalue weighted by Gasteiger charge is 2.51. The number of urea groups is 1. The summed E-state index contributed by atoms with van der Waals surface area (Å²) in [6.45, 7) is 0.468. The van der Waals surface area contributed by atoms with Crippen molar-refractivity contribution in [1.29, 1.82) is 0 Å². The summed E-state index contributed by atoms with van der Waals surface area (Å²) >= 11 is 0. The summed E-state index contributed by atoms with van der Waals surface area (Å²) < 4.78 is 0. The molecule has 76 valence electrons. The fourth-order valence-electron chi connectivity index (χ4n) is 1.90. The van der Waals surface area contributed by atoms with Gasteiger partial charge in [0.2, 0.25) is 0 Å². The van der Waals surface area contributed by atoms with Gasteiger partial charge in [-0.3, -0.25) is 10.1 Å². The van der Waals surface area contributed by atoms with Gasteiger partial charge in [0.1, 0.15) is 5.54 Å². The van der Waals surface area contributed by atoms with Gasteiger partial charge in [0.15, 0.2) is 0 Å². The molecule has 2 unspecified atom stereocenters. The number of hydrogen-bond donors (Lipinski definition) is 3. The van der Waals surface area contributed by atoms with Gasteiger partial charge in [0, 0.05) is 12.6 Å². The minimum absolute atomic E-state index is 0.116. The predicted molar refractivity (Wildman–Crippen MR) is 46.5 cm³/mol. The first-order valence-electron chi connectivity index (χ1n) is 4.32. The van der Waals surface area contributed by atoms with E-state index in [-0.39, 0.29) is 18.5 Å². The van der Waals surface area contributed by atoms with Crippen LogP contribution in [0, 0.1) is 4.91 Å². The van der Waals surface area contributed by atoms with Crippen LogP contribution in [-0.2, 0) is 4.79 Å². The van der Waals surface area contributed by atoms with Crippen LogP contribution in [0.4, 0.5) is 4.79 Å². The number of nitrogens with one attached hydrogen (secondary N) is 3. The predicted octanol–water partition coefficient (Wildman–Crippen LogP) is -1.31. The van der Waals surface area contributed by atoms with E-state index in [9.17, 15) is 14.5 Å². The monoisotopic (exact) mass is 198 g/mol. The molecule has 0 bridgehead atoms. The zero-order valence-electron chi connectivity index (χ0n) is 7.37. The van der Waals surface area contributed by atoms with E-state index in [0.717, 1.165) is 0 Å². The number of nitrogens with zero attached hydrogens (tertiary/aromatic N) is 1. The van der Waals surface area contributed by atoms with Crippen molar-refractivity contribution in [1.82, 2.24) is 16.0 Å². The van der Waals surface area contributed by atoms with E-state index in [2.05, 4.69) is 21.1 Å². The Morgan fingerprint density at radius 1 is 1.50 bits per heavy atom. The van der Waals surface area contributed by atoms with E-state index < -0.39 is 11.6 Å². The maximum absolute atomic E-state index is 11.4. The van der Waals surface area contributed by atoms with Crippen LogP contribution in [0.25, 0.3) is 0 Å². The third-order valence-corrected chi connectivity index (χ3v) is 2.60. The molecule has 0 aromatic heterocycles. The van der Waals surface area contributed by atoms with Gasteiger partial charge < -0.3 is 10.6 Å². The SMILES string of the molecule is O=NCC1CC2(CN1)NC(=O)NC2=O. The lowest BCUT2D eigenvalue weighted by Crippen LogP contribution is -2.48. The van der Waals surface area contributed by atoms with Gasteiger partial charge >= 0.3 is 6.03 Å². The van der Waals surface area contributed by atoms with E-state index in [1.807, 2.05) is 0 Å². The fraction of sp³-hybridized carbons (Fsp3) is 0.714. The van der Waals surface area contributed by atoms with Crippen molar-refractivity contribution >= 4 is 11.9 Å². The van der Waals surface area contributed by atoms with Crippen molar-refractivity contribution < 1.29 is 9.59 Å². The minimum Gasteiger partial charge on any atom is -0.322 e. The normalized spacial score (nSPS) is 35.9. The summed E-state index contributed by atoms with van der Waals surface area (Å²) in [5, 5.41) is 10.5. The lowest BCUT2D eigenvalue weighted by Gasteiger charge is -2.17. The summed E-state index contributed by atoms with van der Waals surface area (Å²) in [6, 6.07) is -0.604. The summed E-state index contributed by atoms with van der Waals surface area (Å²) in [6.07, 6.45) is 0.413. The van der Waals surface area contributed by atoms with E-state index >= 15 is 0 Å². The minimum atomic E-state index is -0.869. The fourth-order valence-corrected chi connectivity index (χ4v) is 1.90. The van der Waals surface area contributed by atoms with Crippen LogP contribution < -0.4 is 16.0 Å². The Balaban J connectivity index is 2.09. The number of rotatable bonds is 2. The lowest BCUT2D eigenvalue weighted by molar-refractivity contribution is -0.123. The molecule has 14 heavy (non-hydrogen) atoms. The van der Waals surface area contributed by atoms with Crippen molar-refractivity contribution in [2.75, 3.05) is 13.1 Å². The first kappa shape index (κ1) is 9.07. The highest BCUT2D eigenvalue weighted by atomic mass is 16.3. The molecule has 0 saturated carbocycles. The molecule has 2 aliphatic heterocycles. The molecular weight excluding hydrogens is 188 g/mol. The molecule has 2 saturated heterocycles. The molecule has 0 radical (unpaired) electrons. The topological polar surface area (TPSA) is 99.7 Å². The Kier molecular flexibility index (Phi) is 1.95. The molecule has 3 amide bonds. The zero-order valence-corrected chi connectivity index (χ0v) is 7.37. The maximum atomic E-state index is 11.4. The molecule has 2 atom stereocenters. The molecule has 0 aromatic rings. The molecular formula is C7H10N4O3. The third kappa shape index (κ3) is 1.25. The second kappa shape index (κ2) is 3.02. The van der Waals surface area contributed by atoms with Crippen LogP contribution in [0.1, 0.15) is 6.42 Å². The van der Waals surface area contributed by atoms with Crippen LogP contribution in [0.15, 0.2) is 5.18 Å². The van der Waals surface area contributed by atoms with Gasteiger partial charge in [0.25, 0.3) is 5.91 Å². The average molecular weight is 198 g/mol. The summed E-state index contributed by atoms with van der Waals surface area (Å²) in [7, 11) is 0. The molecule has 0 aromatic carbocycles. The van der Waals surface area contributed by atoms with Gasteiger partial charge in [0.05, 0.1) is 6.54 Å². The van der Waals surface area contributed by atoms with Crippen molar-refractivity contribution in [3.05, 3.63) is 4.91 Å². The number of hydrogen-bond acceptors (Lipinski definition) is 5. The van der Waals surface area contributed by atoms with E-state index in [0.29, 0.717) is 13.0 Å². The molecule has 2 fully saturated rings. The van der Waals surface area contributed by atoms with Gasteiger partial charge in [-0.15, -0.1) is 0 Å². The van der Waals surface area contributed by atoms with Crippen molar-refractivity contribution in [3.63, 3.8) is 0 Å². The molecule has 7 nitrogen and oxygen atoms in total. The standard InChI is InChI=1S/C7H10N4O3/c12-5-7(11-6(13)10-5)1-4(2-9-14)8-3-7/h4,8H,1-3H2,(H2,10,11,12,13). The van der Waals surface area contributed by atoms with Crippen molar-refractivity contribution in [2.45, 2.75) is 18.0 Å². The van der Waals surface area contributed by atoms with Crippen LogP contribution in [0.2, 0.25) is 0 Å².